The van der Waals surface area contributed by atoms with Crippen molar-refractivity contribution in [2.24, 2.45) is 0 Å². The summed E-state index contributed by atoms with van der Waals surface area (Å²) in [6.45, 7) is 1.56. The number of carbonyl (C=O) groups excluding carboxylic acids is 2. The Morgan fingerprint density at radius 3 is 2.39 bits per heavy atom. The highest BCUT2D eigenvalue weighted by Gasteiger charge is 2.23. The first-order chi connectivity index (χ1) is 15.0. The summed E-state index contributed by atoms with van der Waals surface area (Å²) < 4.78 is 29.4. The lowest BCUT2D eigenvalue weighted by atomic mass is 10.2. The van der Waals surface area contributed by atoms with E-state index in [2.05, 4.69) is 0 Å². The molecule has 2 aromatic carbocycles. The molecule has 1 fully saturated rings. The van der Waals surface area contributed by atoms with Crippen LogP contribution in [0.15, 0.2) is 48.5 Å². The van der Waals surface area contributed by atoms with E-state index in [0.29, 0.717) is 43.4 Å². The normalized spacial score (nSPS) is 13.9. The predicted octanol–water partition coefficient (Wildman–Crippen LogP) is 2.75. The van der Waals surface area contributed by atoms with Crippen LogP contribution in [0, 0.1) is 5.82 Å². The van der Waals surface area contributed by atoms with Gasteiger partial charge in [-0.15, -0.1) is 0 Å². The van der Waals surface area contributed by atoms with Gasteiger partial charge in [0.15, 0.2) is 18.1 Å². The molecule has 1 amide bonds. The average molecular weight is 428 g/mol. The highest BCUT2D eigenvalue weighted by molar-refractivity contribution is 5.89. The van der Waals surface area contributed by atoms with E-state index in [9.17, 15) is 14.0 Å². The number of hydrogen-bond acceptors (Lipinski definition) is 6. The zero-order valence-corrected chi connectivity index (χ0v) is 17.5. The van der Waals surface area contributed by atoms with E-state index in [1.807, 2.05) is 4.90 Å². The van der Waals surface area contributed by atoms with E-state index in [1.54, 1.807) is 54.5 Å². The van der Waals surface area contributed by atoms with Crippen molar-refractivity contribution in [1.29, 1.82) is 0 Å². The van der Waals surface area contributed by atoms with Crippen LogP contribution in [-0.2, 0) is 14.3 Å². The maximum Gasteiger partial charge on any atom is 0.331 e. The van der Waals surface area contributed by atoms with Crippen molar-refractivity contribution in [3.63, 3.8) is 0 Å². The highest BCUT2D eigenvalue weighted by Crippen LogP contribution is 2.28. The van der Waals surface area contributed by atoms with Gasteiger partial charge in [0.05, 0.1) is 19.9 Å². The number of para-hydroxylation sites is 1. The van der Waals surface area contributed by atoms with Gasteiger partial charge in [-0.1, -0.05) is 18.2 Å². The Morgan fingerprint density at radius 1 is 1.00 bits per heavy atom. The van der Waals surface area contributed by atoms with Crippen molar-refractivity contribution in [2.75, 3.05) is 51.9 Å². The fraction of sp³-hybridized carbons (Fsp3) is 0.304. The van der Waals surface area contributed by atoms with Crippen molar-refractivity contribution in [3.05, 3.63) is 59.9 Å². The van der Waals surface area contributed by atoms with Crippen LogP contribution in [0.4, 0.5) is 10.1 Å². The molecule has 1 aliphatic heterocycles. The molecule has 31 heavy (non-hydrogen) atoms. The van der Waals surface area contributed by atoms with E-state index >= 15 is 0 Å². The van der Waals surface area contributed by atoms with Crippen molar-refractivity contribution in [3.8, 4) is 11.5 Å². The van der Waals surface area contributed by atoms with Gasteiger partial charge in [0.1, 0.15) is 5.82 Å². The molecule has 7 nitrogen and oxygen atoms in total. The molecular formula is C23H25FN2O5. The standard InChI is InChI=1S/C23H25FN2O5/c1-29-20-9-7-17(15-21(20)30-2)8-10-23(28)31-16-22(27)26-13-11-25(12-14-26)19-6-4-3-5-18(19)24/h3-10,15H,11-14,16H2,1-2H3/b10-8+. The molecule has 0 bridgehead atoms. The molecule has 0 aliphatic carbocycles. The lowest BCUT2D eigenvalue weighted by Gasteiger charge is -2.36. The second kappa shape index (κ2) is 10.5. The lowest BCUT2D eigenvalue weighted by molar-refractivity contribution is -0.148. The molecule has 1 aliphatic rings. The number of esters is 1. The summed E-state index contributed by atoms with van der Waals surface area (Å²) >= 11 is 0. The summed E-state index contributed by atoms with van der Waals surface area (Å²) in [7, 11) is 3.07. The van der Waals surface area contributed by atoms with E-state index in [4.69, 9.17) is 14.2 Å². The number of rotatable bonds is 7. The third-order valence-corrected chi connectivity index (χ3v) is 4.98. The summed E-state index contributed by atoms with van der Waals surface area (Å²) in [5.74, 6) is -0.0442. The minimum atomic E-state index is -0.617. The number of anilines is 1. The van der Waals surface area contributed by atoms with Gasteiger partial charge in [0.2, 0.25) is 0 Å². The Morgan fingerprint density at radius 2 is 1.71 bits per heavy atom. The quantitative estimate of drug-likeness (QED) is 0.499. The van der Waals surface area contributed by atoms with Crippen LogP contribution in [0.3, 0.4) is 0 Å². The van der Waals surface area contributed by atoms with E-state index in [1.165, 1.54) is 19.3 Å². The fourth-order valence-corrected chi connectivity index (χ4v) is 3.30. The summed E-state index contributed by atoms with van der Waals surface area (Å²) in [5.41, 5.74) is 1.26. The molecular weight excluding hydrogens is 403 g/mol. The van der Waals surface area contributed by atoms with E-state index in [0.717, 1.165) is 5.56 Å². The van der Waals surface area contributed by atoms with Crippen LogP contribution in [0.5, 0.6) is 11.5 Å². The van der Waals surface area contributed by atoms with Crippen LogP contribution in [-0.4, -0.2) is 63.8 Å². The van der Waals surface area contributed by atoms with Crippen LogP contribution < -0.4 is 14.4 Å². The molecule has 0 aromatic heterocycles. The smallest absolute Gasteiger partial charge is 0.331 e. The molecule has 8 heteroatoms. The monoisotopic (exact) mass is 428 g/mol. The first kappa shape index (κ1) is 22.1. The number of amides is 1. The molecule has 0 N–H and O–H groups in total. The maximum absolute atomic E-state index is 13.9. The number of halogens is 1. The molecule has 0 unspecified atom stereocenters. The predicted molar refractivity (Wildman–Crippen MR) is 115 cm³/mol. The summed E-state index contributed by atoms with van der Waals surface area (Å²) in [5, 5.41) is 0. The Kier molecular flexibility index (Phi) is 7.48. The van der Waals surface area contributed by atoms with Gasteiger partial charge in [-0.25, -0.2) is 9.18 Å². The number of methoxy groups -OCH3 is 2. The van der Waals surface area contributed by atoms with Crippen molar-refractivity contribution >= 4 is 23.6 Å². The zero-order chi connectivity index (χ0) is 22.2. The number of hydrogen-bond donors (Lipinski definition) is 0. The number of nitrogens with zero attached hydrogens (tertiary/aromatic N) is 2. The molecule has 164 valence electrons. The van der Waals surface area contributed by atoms with Crippen LogP contribution >= 0.6 is 0 Å². The molecule has 0 radical (unpaired) electrons. The molecule has 0 atom stereocenters. The largest absolute Gasteiger partial charge is 0.493 e. The van der Waals surface area contributed by atoms with E-state index < -0.39 is 5.97 Å². The molecule has 2 aromatic rings. The Balaban J connectivity index is 1.46. The minimum Gasteiger partial charge on any atom is -0.493 e. The second-order valence-corrected chi connectivity index (χ2v) is 6.87. The molecule has 0 spiro atoms. The Hall–Kier alpha value is -3.55. The van der Waals surface area contributed by atoms with Gasteiger partial charge in [-0.3, -0.25) is 4.79 Å². The third kappa shape index (κ3) is 5.75. The number of benzene rings is 2. The first-order valence-corrected chi connectivity index (χ1v) is 9.86. The zero-order valence-electron chi connectivity index (χ0n) is 17.5. The fourth-order valence-electron chi connectivity index (χ4n) is 3.30. The summed E-state index contributed by atoms with van der Waals surface area (Å²) in [6, 6.07) is 11.8. The topological polar surface area (TPSA) is 68.3 Å². The molecule has 1 saturated heterocycles. The van der Waals surface area contributed by atoms with Gasteiger partial charge < -0.3 is 24.0 Å². The molecule has 0 saturated carbocycles. The Labute approximate surface area is 180 Å². The van der Waals surface area contributed by atoms with Gasteiger partial charge >= 0.3 is 5.97 Å². The number of piperazine rings is 1. The number of ether oxygens (including phenoxy) is 3. The lowest BCUT2D eigenvalue weighted by Crippen LogP contribution is -2.50. The van der Waals surface area contributed by atoms with Crippen LogP contribution in [0.2, 0.25) is 0 Å². The second-order valence-electron chi connectivity index (χ2n) is 6.87. The van der Waals surface area contributed by atoms with Crippen LogP contribution in [0.1, 0.15) is 5.56 Å². The van der Waals surface area contributed by atoms with Gasteiger partial charge in [0, 0.05) is 32.3 Å². The summed E-state index contributed by atoms with van der Waals surface area (Å²) in [6.07, 6.45) is 2.83. The minimum absolute atomic E-state index is 0.277. The molecule has 3 rings (SSSR count). The van der Waals surface area contributed by atoms with E-state index in [-0.39, 0.29) is 18.3 Å². The van der Waals surface area contributed by atoms with Crippen LogP contribution in [0.25, 0.3) is 6.08 Å². The third-order valence-electron chi connectivity index (χ3n) is 4.98. The average Bonchev–Trinajstić information content (AvgIpc) is 2.81. The van der Waals surface area contributed by atoms with Gasteiger partial charge in [0.25, 0.3) is 5.91 Å². The van der Waals surface area contributed by atoms with Crippen molar-refractivity contribution in [1.82, 2.24) is 4.90 Å². The SMILES string of the molecule is COc1ccc(/C=C/C(=O)OCC(=O)N2CCN(c3ccccc3F)CC2)cc1OC. The van der Waals surface area contributed by atoms with Gasteiger partial charge in [-0.2, -0.15) is 0 Å². The Bertz CT molecular complexity index is 955. The molecule has 1 heterocycles. The summed E-state index contributed by atoms with van der Waals surface area (Å²) in [4.78, 5) is 27.8. The van der Waals surface area contributed by atoms with Crippen molar-refractivity contribution < 1.29 is 28.2 Å². The number of carbonyl (C=O) groups is 2. The van der Waals surface area contributed by atoms with Crippen molar-refractivity contribution in [2.45, 2.75) is 0 Å². The first-order valence-electron chi connectivity index (χ1n) is 9.86. The van der Waals surface area contributed by atoms with Gasteiger partial charge in [-0.05, 0) is 35.9 Å². The maximum atomic E-state index is 13.9. The highest BCUT2D eigenvalue weighted by atomic mass is 19.1.